The van der Waals surface area contributed by atoms with Crippen LogP contribution in [0.1, 0.15) is 15.9 Å². The summed E-state index contributed by atoms with van der Waals surface area (Å²) in [6, 6.07) is 12.0. The zero-order valence-corrected chi connectivity index (χ0v) is 14.9. The quantitative estimate of drug-likeness (QED) is 0.513. The zero-order valence-electron chi connectivity index (χ0n) is 14.9. The SMILES string of the molecule is Cc1ccc(C(=O)N2CCN(C)c3nc4ccccc4nc32)cc1[N+](=O)[O-]. The summed E-state index contributed by atoms with van der Waals surface area (Å²) in [5.74, 6) is 0.766. The first kappa shape index (κ1) is 16.9. The standard InChI is InChI=1S/C19H17N5O3/c1-12-7-8-13(11-16(12)24(26)27)19(25)23-10-9-22(2)17-18(23)21-15-6-4-3-5-14(15)20-17/h3-8,11H,9-10H2,1-2H3. The highest BCUT2D eigenvalue weighted by Gasteiger charge is 2.30. The van der Waals surface area contributed by atoms with Gasteiger partial charge in [0.25, 0.3) is 11.6 Å². The number of hydrogen-bond acceptors (Lipinski definition) is 6. The molecule has 8 nitrogen and oxygen atoms in total. The minimum absolute atomic E-state index is 0.0696. The van der Waals surface area contributed by atoms with Crippen molar-refractivity contribution in [3.63, 3.8) is 0 Å². The Balaban J connectivity index is 1.81. The Morgan fingerprint density at radius 2 is 1.74 bits per heavy atom. The van der Waals surface area contributed by atoms with Gasteiger partial charge < -0.3 is 4.90 Å². The third-order valence-electron chi connectivity index (χ3n) is 4.71. The van der Waals surface area contributed by atoms with Crippen LogP contribution in [-0.2, 0) is 0 Å². The van der Waals surface area contributed by atoms with Crippen molar-refractivity contribution in [1.29, 1.82) is 0 Å². The molecule has 0 spiro atoms. The number of carbonyl (C=O) groups excluding carboxylic acids is 1. The highest BCUT2D eigenvalue weighted by atomic mass is 16.6. The lowest BCUT2D eigenvalue weighted by molar-refractivity contribution is -0.385. The summed E-state index contributed by atoms with van der Waals surface area (Å²) in [7, 11) is 1.90. The van der Waals surface area contributed by atoms with Crippen molar-refractivity contribution < 1.29 is 9.72 Å². The van der Waals surface area contributed by atoms with Crippen LogP contribution in [0.5, 0.6) is 0 Å². The lowest BCUT2D eigenvalue weighted by Gasteiger charge is -2.33. The number of aromatic nitrogens is 2. The first-order valence-electron chi connectivity index (χ1n) is 8.50. The number of fused-ring (bicyclic) bond motifs is 2. The van der Waals surface area contributed by atoms with Gasteiger partial charge >= 0.3 is 0 Å². The fourth-order valence-corrected chi connectivity index (χ4v) is 3.17. The normalized spacial score (nSPS) is 13.6. The number of benzene rings is 2. The molecule has 4 rings (SSSR count). The zero-order chi connectivity index (χ0) is 19.1. The maximum atomic E-state index is 13.1. The van der Waals surface area contributed by atoms with Crippen LogP contribution < -0.4 is 9.80 Å². The molecule has 2 aromatic carbocycles. The van der Waals surface area contributed by atoms with E-state index in [1.807, 2.05) is 36.2 Å². The number of likely N-dealkylation sites (N-methyl/N-ethyl adjacent to an activating group) is 1. The summed E-state index contributed by atoms with van der Waals surface area (Å²) in [5, 5.41) is 11.2. The molecule has 8 heteroatoms. The van der Waals surface area contributed by atoms with Gasteiger partial charge in [0.1, 0.15) is 0 Å². The monoisotopic (exact) mass is 363 g/mol. The van der Waals surface area contributed by atoms with Crippen LogP contribution in [0.3, 0.4) is 0 Å². The smallest absolute Gasteiger partial charge is 0.273 e. The number of nitrogens with zero attached hydrogens (tertiary/aromatic N) is 5. The molecule has 1 aromatic heterocycles. The first-order chi connectivity index (χ1) is 13.0. The number of anilines is 2. The second kappa shape index (κ2) is 6.31. The number of nitro groups is 1. The van der Waals surface area contributed by atoms with Crippen molar-refractivity contribution in [2.24, 2.45) is 0 Å². The van der Waals surface area contributed by atoms with Crippen LogP contribution >= 0.6 is 0 Å². The number of hydrogen-bond donors (Lipinski definition) is 0. The Hall–Kier alpha value is -3.55. The highest BCUT2D eigenvalue weighted by Crippen LogP contribution is 2.32. The molecule has 27 heavy (non-hydrogen) atoms. The Labute approximate surface area is 155 Å². The van der Waals surface area contributed by atoms with Gasteiger partial charge in [0.2, 0.25) is 0 Å². The molecule has 0 bridgehead atoms. The molecule has 3 aromatic rings. The van der Waals surface area contributed by atoms with Gasteiger partial charge in [0.05, 0.1) is 16.0 Å². The minimum atomic E-state index is -0.475. The molecule has 0 saturated carbocycles. The highest BCUT2D eigenvalue weighted by molar-refractivity contribution is 6.08. The van der Waals surface area contributed by atoms with Crippen LogP contribution in [0.4, 0.5) is 17.3 Å². The van der Waals surface area contributed by atoms with Crippen molar-refractivity contribution >= 4 is 34.3 Å². The van der Waals surface area contributed by atoms with Gasteiger partial charge in [0.15, 0.2) is 11.6 Å². The van der Waals surface area contributed by atoms with Gasteiger partial charge in [-0.25, -0.2) is 9.97 Å². The average molecular weight is 363 g/mol. The fraction of sp³-hybridized carbons (Fsp3) is 0.211. The molecule has 0 saturated heterocycles. The van der Waals surface area contributed by atoms with E-state index < -0.39 is 4.92 Å². The summed E-state index contributed by atoms with van der Waals surface area (Å²) in [4.78, 5) is 36.6. The van der Waals surface area contributed by atoms with Crippen LogP contribution in [0.25, 0.3) is 11.0 Å². The van der Waals surface area contributed by atoms with Crippen molar-refractivity contribution in [2.45, 2.75) is 6.92 Å². The van der Waals surface area contributed by atoms with Crippen LogP contribution in [0.2, 0.25) is 0 Å². The van der Waals surface area contributed by atoms with Crippen LogP contribution in [0, 0.1) is 17.0 Å². The van der Waals surface area contributed by atoms with E-state index in [0.29, 0.717) is 35.8 Å². The van der Waals surface area contributed by atoms with Crippen molar-refractivity contribution in [3.05, 3.63) is 63.7 Å². The second-order valence-corrected chi connectivity index (χ2v) is 6.50. The summed E-state index contributed by atoms with van der Waals surface area (Å²) in [6.45, 7) is 2.67. The third kappa shape index (κ3) is 2.84. The van der Waals surface area contributed by atoms with Gasteiger partial charge in [0, 0.05) is 37.3 Å². The Kier molecular flexibility index (Phi) is 3.95. The summed E-state index contributed by atoms with van der Waals surface area (Å²) in [5.41, 5.74) is 2.15. The van der Waals surface area contributed by atoms with E-state index in [1.54, 1.807) is 24.0 Å². The molecule has 0 aliphatic carbocycles. The summed E-state index contributed by atoms with van der Waals surface area (Å²) >= 11 is 0. The number of amides is 1. The Morgan fingerprint density at radius 3 is 2.41 bits per heavy atom. The third-order valence-corrected chi connectivity index (χ3v) is 4.71. The molecule has 136 valence electrons. The van der Waals surface area contributed by atoms with E-state index in [2.05, 4.69) is 9.97 Å². The summed E-state index contributed by atoms with van der Waals surface area (Å²) < 4.78 is 0. The maximum absolute atomic E-state index is 13.1. The number of rotatable bonds is 2. The lowest BCUT2D eigenvalue weighted by Crippen LogP contribution is -2.43. The lowest BCUT2D eigenvalue weighted by atomic mass is 10.1. The van der Waals surface area contributed by atoms with E-state index in [-0.39, 0.29) is 17.2 Å². The molecule has 0 radical (unpaired) electrons. The van der Waals surface area contributed by atoms with E-state index >= 15 is 0 Å². The van der Waals surface area contributed by atoms with E-state index in [4.69, 9.17) is 0 Å². The number of para-hydroxylation sites is 2. The number of carbonyl (C=O) groups is 1. The van der Waals surface area contributed by atoms with E-state index in [0.717, 1.165) is 5.52 Å². The molecule has 1 aliphatic heterocycles. The van der Waals surface area contributed by atoms with E-state index in [9.17, 15) is 14.9 Å². The predicted molar refractivity (Wildman–Crippen MR) is 102 cm³/mol. The number of aryl methyl sites for hydroxylation is 1. The Bertz CT molecular complexity index is 1080. The molecule has 2 heterocycles. The molecule has 0 unspecified atom stereocenters. The minimum Gasteiger partial charge on any atom is -0.355 e. The van der Waals surface area contributed by atoms with Gasteiger partial charge in [-0.1, -0.05) is 18.2 Å². The molecule has 1 amide bonds. The van der Waals surface area contributed by atoms with Gasteiger partial charge in [-0.3, -0.25) is 19.8 Å². The van der Waals surface area contributed by atoms with Crippen LogP contribution in [0.15, 0.2) is 42.5 Å². The molecule has 0 atom stereocenters. The fourth-order valence-electron chi connectivity index (χ4n) is 3.17. The van der Waals surface area contributed by atoms with E-state index in [1.165, 1.54) is 6.07 Å². The summed E-state index contributed by atoms with van der Waals surface area (Å²) in [6.07, 6.45) is 0. The van der Waals surface area contributed by atoms with Gasteiger partial charge in [-0.2, -0.15) is 0 Å². The maximum Gasteiger partial charge on any atom is 0.273 e. The largest absolute Gasteiger partial charge is 0.355 e. The Morgan fingerprint density at radius 1 is 1.07 bits per heavy atom. The molecular formula is C19H17N5O3. The molecule has 0 N–H and O–H groups in total. The van der Waals surface area contributed by atoms with Crippen molar-refractivity contribution in [1.82, 2.24) is 9.97 Å². The predicted octanol–water partition coefficient (Wildman–Crippen LogP) is 2.94. The second-order valence-electron chi connectivity index (χ2n) is 6.50. The average Bonchev–Trinajstić information content (AvgIpc) is 2.67. The molecule has 1 aliphatic rings. The van der Waals surface area contributed by atoms with Gasteiger partial charge in [-0.05, 0) is 25.1 Å². The van der Waals surface area contributed by atoms with Crippen molar-refractivity contribution in [3.8, 4) is 0 Å². The topological polar surface area (TPSA) is 92.5 Å². The van der Waals surface area contributed by atoms with Crippen LogP contribution in [-0.4, -0.2) is 40.9 Å². The molecular weight excluding hydrogens is 346 g/mol. The molecule has 0 fully saturated rings. The first-order valence-corrected chi connectivity index (χ1v) is 8.50. The van der Waals surface area contributed by atoms with Gasteiger partial charge in [-0.15, -0.1) is 0 Å². The van der Waals surface area contributed by atoms with Crippen molar-refractivity contribution in [2.75, 3.05) is 29.9 Å². The number of nitro benzene ring substituents is 1.